The lowest BCUT2D eigenvalue weighted by Crippen LogP contribution is -2.26. The molecule has 0 unspecified atom stereocenters. The summed E-state index contributed by atoms with van der Waals surface area (Å²) in [5.74, 6) is 0.733. The summed E-state index contributed by atoms with van der Waals surface area (Å²) in [6, 6.07) is 12.5. The lowest BCUT2D eigenvalue weighted by molar-refractivity contribution is -0.137. The molecule has 1 amide bonds. The second kappa shape index (κ2) is 8.74. The Kier molecular flexibility index (Phi) is 6.66. The minimum absolute atomic E-state index is 0.0710. The first-order valence-electron chi connectivity index (χ1n) is 8.36. The zero-order chi connectivity index (χ0) is 19.2. The highest BCUT2D eigenvalue weighted by Gasteiger charge is 2.29. The normalized spacial score (nSPS) is 11.3. The number of rotatable bonds is 7. The number of nitrogens with zero attached hydrogens (tertiary/aromatic N) is 1. The minimum atomic E-state index is -4.35. The fraction of sp³-hybridized carbons (Fsp3) is 0.350. The topological polar surface area (TPSA) is 29.5 Å². The summed E-state index contributed by atoms with van der Waals surface area (Å²) < 4.78 is 43.3. The van der Waals surface area contributed by atoms with Crippen LogP contribution in [-0.2, 0) is 17.5 Å². The molecule has 0 aliphatic rings. The molecule has 0 saturated heterocycles. The SMILES string of the molecule is Cc1ccccc1OCCCC(=O)N(C)Cc1ccc(C(F)(F)F)cc1. The van der Waals surface area contributed by atoms with Gasteiger partial charge in [-0.15, -0.1) is 0 Å². The Hall–Kier alpha value is -2.50. The van der Waals surface area contributed by atoms with E-state index in [4.69, 9.17) is 4.74 Å². The van der Waals surface area contributed by atoms with E-state index in [1.807, 2.05) is 31.2 Å². The number of carbonyl (C=O) groups is 1. The first-order valence-corrected chi connectivity index (χ1v) is 8.36. The lowest BCUT2D eigenvalue weighted by atomic mass is 10.1. The zero-order valence-corrected chi connectivity index (χ0v) is 14.8. The molecule has 0 fully saturated rings. The van der Waals surface area contributed by atoms with Crippen LogP contribution in [0.15, 0.2) is 48.5 Å². The van der Waals surface area contributed by atoms with Crippen LogP contribution < -0.4 is 4.74 Å². The summed E-state index contributed by atoms with van der Waals surface area (Å²) in [4.78, 5) is 13.7. The molecule has 0 aliphatic heterocycles. The summed E-state index contributed by atoms with van der Waals surface area (Å²) in [5.41, 5.74) is 1.01. The van der Waals surface area contributed by atoms with E-state index in [1.54, 1.807) is 7.05 Å². The van der Waals surface area contributed by atoms with Gasteiger partial charge in [0.2, 0.25) is 5.91 Å². The van der Waals surface area contributed by atoms with Gasteiger partial charge in [-0.1, -0.05) is 30.3 Å². The highest BCUT2D eigenvalue weighted by molar-refractivity contribution is 5.75. The molecular formula is C20H22F3NO2. The van der Waals surface area contributed by atoms with E-state index < -0.39 is 11.7 Å². The van der Waals surface area contributed by atoms with Crippen LogP contribution in [0.25, 0.3) is 0 Å². The number of amides is 1. The summed E-state index contributed by atoms with van der Waals surface area (Å²) in [7, 11) is 1.64. The van der Waals surface area contributed by atoms with Crippen LogP contribution in [-0.4, -0.2) is 24.5 Å². The summed E-state index contributed by atoms with van der Waals surface area (Å²) in [6.45, 7) is 2.67. The minimum Gasteiger partial charge on any atom is -0.493 e. The number of hydrogen-bond acceptors (Lipinski definition) is 2. The van der Waals surface area contributed by atoms with Gasteiger partial charge in [-0.2, -0.15) is 13.2 Å². The zero-order valence-electron chi connectivity index (χ0n) is 14.8. The number of carbonyl (C=O) groups excluding carboxylic acids is 1. The molecule has 0 saturated carbocycles. The van der Waals surface area contributed by atoms with Crippen molar-refractivity contribution in [2.24, 2.45) is 0 Å². The number of ether oxygens (including phenoxy) is 1. The second-order valence-electron chi connectivity index (χ2n) is 6.16. The number of halogens is 3. The van der Waals surface area contributed by atoms with Gasteiger partial charge in [-0.25, -0.2) is 0 Å². The van der Waals surface area contributed by atoms with Gasteiger partial charge in [0.25, 0.3) is 0 Å². The average molecular weight is 365 g/mol. The third-order valence-corrected chi connectivity index (χ3v) is 4.01. The predicted octanol–water partition coefficient (Wildman–Crippen LogP) is 4.83. The second-order valence-corrected chi connectivity index (χ2v) is 6.16. The molecule has 0 atom stereocenters. The van der Waals surface area contributed by atoms with Crippen molar-refractivity contribution in [3.63, 3.8) is 0 Å². The molecule has 140 valence electrons. The summed E-state index contributed by atoms with van der Waals surface area (Å²) >= 11 is 0. The molecule has 0 bridgehead atoms. The van der Waals surface area contributed by atoms with E-state index >= 15 is 0 Å². The van der Waals surface area contributed by atoms with E-state index in [-0.39, 0.29) is 12.5 Å². The maximum absolute atomic E-state index is 12.6. The molecule has 26 heavy (non-hydrogen) atoms. The van der Waals surface area contributed by atoms with Gasteiger partial charge in [-0.3, -0.25) is 4.79 Å². The van der Waals surface area contributed by atoms with Crippen LogP contribution in [0.1, 0.15) is 29.5 Å². The molecule has 6 heteroatoms. The highest BCUT2D eigenvalue weighted by atomic mass is 19.4. The van der Waals surface area contributed by atoms with Crippen molar-refractivity contribution in [3.05, 3.63) is 65.2 Å². The van der Waals surface area contributed by atoms with Crippen molar-refractivity contribution in [2.45, 2.75) is 32.5 Å². The summed E-state index contributed by atoms with van der Waals surface area (Å²) in [6.07, 6.45) is -3.45. The Balaban J connectivity index is 1.76. The summed E-state index contributed by atoms with van der Waals surface area (Å²) in [5, 5.41) is 0. The van der Waals surface area contributed by atoms with Gasteiger partial charge < -0.3 is 9.64 Å². The molecule has 2 rings (SSSR count). The van der Waals surface area contributed by atoms with Gasteiger partial charge >= 0.3 is 6.18 Å². The van der Waals surface area contributed by atoms with E-state index in [9.17, 15) is 18.0 Å². The molecule has 2 aromatic rings. The predicted molar refractivity (Wildman–Crippen MR) is 93.8 cm³/mol. The van der Waals surface area contributed by atoms with Crippen molar-refractivity contribution in [3.8, 4) is 5.75 Å². The monoisotopic (exact) mass is 365 g/mol. The maximum Gasteiger partial charge on any atom is 0.416 e. The molecule has 0 aromatic heterocycles. The fourth-order valence-corrected chi connectivity index (χ4v) is 2.48. The molecule has 2 aromatic carbocycles. The third kappa shape index (κ3) is 5.79. The standard InChI is InChI=1S/C20H22F3NO2/c1-15-6-3-4-7-18(15)26-13-5-8-19(25)24(2)14-16-9-11-17(12-10-16)20(21,22)23/h3-4,6-7,9-12H,5,8,13-14H2,1-2H3. The first kappa shape index (κ1) is 19.8. The average Bonchev–Trinajstić information content (AvgIpc) is 2.59. The Morgan fingerprint density at radius 2 is 1.73 bits per heavy atom. The Labute approximate surface area is 151 Å². The van der Waals surface area contributed by atoms with Gasteiger partial charge in [0.15, 0.2) is 0 Å². The van der Waals surface area contributed by atoms with Gasteiger partial charge in [0.05, 0.1) is 12.2 Å². The van der Waals surface area contributed by atoms with Gasteiger partial charge in [-0.05, 0) is 42.7 Å². The first-order chi connectivity index (χ1) is 12.3. The van der Waals surface area contributed by atoms with Crippen molar-refractivity contribution >= 4 is 5.91 Å². The maximum atomic E-state index is 12.6. The quantitative estimate of drug-likeness (QED) is 0.658. The Morgan fingerprint density at radius 1 is 1.08 bits per heavy atom. The van der Waals surface area contributed by atoms with Crippen LogP contribution >= 0.6 is 0 Å². The Morgan fingerprint density at radius 3 is 2.35 bits per heavy atom. The molecule has 0 spiro atoms. The molecule has 0 heterocycles. The largest absolute Gasteiger partial charge is 0.493 e. The lowest BCUT2D eigenvalue weighted by Gasteiger charge is -2.18. The van der Waals surface area contributed by atoms with E-state index in [0.29, 0.717) is 25.0 Å². The number of hydrogen-bond donors (Lipinski definition) is 0. The molecule has 0 N–H and O–H groups in total. The molecule has 3 nitrogen and oxygen atoms in total. The Bertz CT molecular complexity index is 727. The van der Waals surface area contributed by atoms with Crippen molar-refractivity contribution < 1.29 is 22.7 Å². The van der Waals surface area contributed by atoms with Crippen LogP contribution in [0.5, 0.6) is 5.75 Å². The van der Waals surface area contributed by atoms with Crippen LogP contribution in [0.2, 0.25) is 0 Å². The molecule has 0 aliphatic carbocycles. The van der Waals surface area contributed by atoms with Crippen LogP contribution in [0.4, 0.5) is 13.2 Å². The number of para-hydroxylation sites is 1. The number of alkyl halides is 3. The fourth-order valence-electron chi connectivity index (χ4n) is 2.48. The van der Waals surface area contributed by atoms with Crippen molar-refractivity contribution in [1.29, 1.82) is 0 Å². The van der Waals surface area contributed by atoms with Crippen molar-refractivity contribution in [2.75, 3.05) is 13.7 Å². The van der Waals surface area contributed by atoms with Crippen LogP contribution in [0, 0.1) is 6.92 Å². The van der Waals surface area contributed by atoms with Gasteiger partial charge in [0, 0.05) is 20.0 Å². The van der Waals surface area contributed by atoms with Crippen molar-refractivity contribution in [1.82, 2.24) is 4.90 Å². The highest BCUT2D eigenvalue weighted by Crippen LogP contribution is 2.29. The van der Waals surface area contributed by atoms with Gasteiger partial charge in [0.1, 0.15) is 5.75 Å². The van der Waals surface area contributed by atoms with Crippen LogP contribution in [0.3, 0.4) is 0 Å². The number of benzene rings is 2. The van der Waals surface area contributed by atoms with E-state index in [1.165, 1.54) is 17.0 Å². The third-order valence-electron chi connectivity index (χ3n) is 4.01. The smallest absolute Gasteiger partial charge is 0.416 e. The molecular weight excluding hydrogens is 343 g/mol. The van der Waals surface area contributed by atoms with E-state index in [2.05, 4.69) is 0 Å². The number of aryl methyl sites for hydroxylation is 1. The van der Waals surface area contributed by atoms with E-state index in [0.717, 1.165) is 23.4 Å². The molecule has 0 radical (unpaired) electrons.